The van der Waals surface area contributed by atoms with Crippen molar-refractivity contribution in [3.05, 3.63) is 95.6 Å². The first-order valence-corrected chi connectivity index (χ1v) is 12.0. The van der Waals surface area contributed by atoms with E-state index >= 15 is 0 Å². The molecular formula is C28H28FN3O5. The molecule has 1 aliphatic heterocycles. The van der Waals surface area contributed by atoms with Crippen molar-refractivity contribution in [1.82, 2.24) is 15.2 Å². The van der Waals surface area contributed by atoms with Gasteiger partial charge in [-0.05, 0) is 60.9 Å². The number of hydrogen-bond donors (Lipinski definition) is 1. The van der Waals surface area contributed by atoms with E-state index in [1.165, 1.54) is 23.2 Å². The van der Waals surface area contributed by atoms with Crippen LogP contribution in [-0.4, -0.2) is 47.4 Å². The van der Waals surface area contributed by atoms with Crippen molar-refractivity contribution < 1.29 is 28.2 Å². The van der Waals surface area contributed by atoms with E-state index in [2.05, 4.69) is 10.3 Å². The zero-order valence-corrected chi connectivity index (χ0v) is 20.6. The summed E-state index contributed by atoms with van der Waals surface area (Å²) in [6.45, 7) is 2.02. The molecule has 2 aromatic carbocycles. The fourth-order valence-electron chi connectivity index (χ4n) is 4.59. The Morgan fingerprint density at radius 3 is 2.43 bits per heavy atom. The molecule has 3 aromatic rings. The number of nitrogens with zero attached hydrogens (tertiary/aromatic N) is 2. The summed E-state index contributed by atoms with van der Waals surface area (Å²) in [6.07, 6.45) is 3.06. The lowest BCUT2D eigenvalue weighted by Crippen LogP contribution is -2.46. The second-order valence-electron chi connectivity index (χ2n) is 8.63. The first kappa shape index (κ1) is 25.8. The summed E-state index contributed by atoms with van der Waals surface area (Å²) in [7, 11) is 1.55. The number of nitrogens with one attached hydrogen (secondary N) is 1. The third kappa shape index (κ3) is 5.77. The molecule has 1 aromatic heterocycles. The average molecular weight is 506 g/mol. The summed E-state index contributed by atoms with van der Waals surface area (Å²) >= 11 is 0. The molecule has 1 N–H and O–H groups in total. The van der Waals surface area contributed by atoms with Crippen LogP contribution in [0.4, 0.5) is 4.39 Å². The van der Waals surface area contributed by atoms with Crippen LogP contribution in [0.2, 0.25) is 0 Å². The molecule has 0 aliphatic carbocycles. The van der Waals surface area contributed by atoms with Crippen molar-refractivity contribution >= 4 is 17.8 Å². The number of aromatic nitrogens is 1. The minimum Gasteiger partial charge on any atom is -0.497 e. The summed E-state index contributed by atoms with van der Waals surface area (Å²) < 4.78 is 23.9. The zero-order valence-electron chi connectivity index (χ0n) is 20.6. The summed E-state index contributed by atoms with van der Waals surface area (Å²) in [4.78, 5) is 45.8. The molecule has 9 heteroatoms. The van der Waals surface area contributed by atoms with E-state index in [-0.39, 0.29) is 25.4 Å². The Bertz CT molecular complexity index is 1230. The standard InChI is InChI=1S/C28H28FN3O5/c1-3-37-28(35)23-15-24(26(33)31-16-18-6-10-21(29)11-7-18)32(27(34)20-5-4-14-30-17-20)25(23)19-8-12-22(36-2)13-9-19/h4-14,17,23-25H,3,15-16H2,1-2H3,(H,31,33). The van der Waals surface area contributed by atoms with Crippen molar-refractivity contribution in [3.63, 3.8) is 0 Å². The van der Waals surface area contributed by atoms with Crippen molar-refractivity contribution in [2.75, 3.05) is 13.7 Å². The van der Waals surface area contributed by atoms with Crippen molar-refractivity contribution in [2.45, 2.75) is 32.0 Å². The van der Waals surface area contributed by atoms with E-state index in [1.807, 2.05) is 0 Å². The molecule has 4 rings (SSSR count). The average Bonchev–Trinajstić information content (AvgIpc) is 3.34. The molecule has 8 nitrogen and oxygen atoms in total. The summed E-state index contributed by atoms with van der Waals surface area (Å²) in [5, 5.41) is 2.84. The van der Waals surface area contributed by atoms with Gasteiger partial charge in [0.2, 0.25) is 5.91 Å². The summed E-state index contributed by atoms with van der Waals surface area (Å²) in [5.41, 5.74) is 1.67. The lowest BCUT2D eigenvalue weighted by Gasteiger charge is -2.31. The predicted molar refractivity (Wildman–Crippen MR) is 133 cm³/mol. The van der Waals surface area contributed by atoms with Gasteiger partial charge in [0.15, 0.2) is 0 Å². The van der Waals surface area contributed by atoms with E-state index in [1.54, 1.807) is 68.8 Å². The number of carbonyl (C=O) groups is 3. The van der Waals surface area contributed by atoms with Crippen LogP contribution in [0.1, 0.15) is 40.9 Å². The highest BCUT2D eigenvalue weighted by molar-refractivity contribution is 5.99. The highest BCUT2D eigenvalue weighted by atomic mass is 19.1. The molecule has 192 valence electrons. The number of halogens is 1. The Morgan fingerprint density at radius 1 is 1.08 bits per heavy atom. The highest BCUT2D eigenvalue weighted by Crippen LogP contribution is 2.43. The molecule has 3 unspecified atom stereocenters. The second kappa shape index (κ2) is 11.6. The van der Waals surface area contributed by atoms with Crippen molar-refractivity contribution in [1.29, 1.82) is 0 Å². The number of benzene rings is 2. The number of rotatable bonds is 8. The topological polar surface area (TPSA) is 97.8 Å². The third-order valence-corrected chi connectivity index (χ3v) is 6.37. The molecule has 2 amide bonds. The van der Waals surface area contributed by atoms with E-state index in [0.29, 0.717) is 22.4 Å². The molecule has 1 fully saturated rings. The maximum absolute atomic E-state index is 13.8. The van der Waals surface area contributed by atoms with Gasteiger partial charge in [0.05, 0.1) is 31.2 Å². The Kier molecular flexibility index (Phi) is 8.12. The lowest BCUT2D eigenvalue weighted by molar-refractivity contribution is -0.148. The normalized spacial score (nSPS) is 18.8. The molecule has 0 radical (unpaired) electrons. The maximum atomic E-state index is 13.8. The fourth-order valence-corrected chi connectivity index (χ4v) is 4.59. The molecular weight excluding hydrogens is 477 g/mol. The number of pyridine rings is 1. The van der Waals surface area contributed by atoms with Crippen LogP contribution in [0.15, 0.2) is 73.1 Å². The van der Waals surface area contributed by atoms with Crippen LogP contribution in [0.3, 0.4) is 0 Å². The third-order valence-electron chi connectivity index (χ3n) is 6.37. The monoisotopic (exact) mass is 505 g/mol. The maximum Gasteiger partial charge on any atom is 0.311 e. The van der Waals surface area contributed by atoms with Gasteiger partial charge < -0.3 is 19.7 Å². The number of likely N-dealkylation sites (tertiary alicyclic amines) is 1. The number of esters is 1. The quantitative estimate of drug-likeness (QED) is 0.469. The Hall–Kier alpha value is -4.27. The summed E-state index contributed by atoms with van der Waals surface area (Å²) in [6, 6.07) is 14.4. The molecule has 37 heavy (non-hydrogen) atoms. The number of amides is 2. The van der Waals surface area contributed by atoms with E-state index in [4.69, 9.17) is 9.47 Å². The number of methoxy groups -OCH3 is 1. The van der Waals surface area contributed by atoms with Gasteiger partial charge >= 0.3 is 5.97 Å². The molecule has 1 aliphatic rings. The minimum atomic E-state index is -0.949. The number of hydrogen-bond acceptors (Lipinski definition) is 6. The minimum absolute atomic E-state index is 0.0801. The van der Waals surface area contributed by atoms with Gasteiger partial charge in [0.25, 0.3) is 5.91 Å². The summed E-state index contributed by atoms with van der Waals surface area (Å²) in [5.74, 6) is -1.86. The zero-order chi connectivity index (χ0) is 26.4. The van der Waals surface area contributed by atoms with Crippen LogP contribution in [0.25, 0.3) is 0 Å². The first-order chi connectivity index (χ1) is 17.9. The fraction of sp³-hybridized carbons (Fsp3) is 0.286. The molecule has 3 atom stereocenters. The van der Waals surface area contributed by atoms with Gasteiger partial charge in [-0.25, -0.2) is 4.39 Å². The number of ether oxygens (including phenoxy) is 2. The second-order valence-corrected chi connectivity index (χ2v) is 8.63. The Labute approximate surface area is 214 Å². The van der Waals surface area contributed by atoms with Crippen LogP contribution in [0, 0.1) is 11.7 Å². The molecule has 0 saturated carbocycles. The van der Waals surface area contributed by atoms with Crippen molar-refractivity contribution in [3.8, 4) is 5.75 Å². The lowest BCUT2D eigenvalue weighted by atomic mass is 9.92. The SMILES string of the molecule is CCOC(=O)C1CC(C(=O)NCc2ccc(F)cc2)N(C(=O)c2cccnc2)C1c1ccc(OC)cc1. The smallest absolute Gasteiger partial charge is 0.311 e. The van der Waals surface area contributed by atoms with Crippen LogP contribution >= 0.6 is 0 Å². The molecule has 1 saturated heterocycles. The first-order valence-electron chi connectivity index (χ1n) is 12.0. The van der Waals surface area contributed by atoms with Gasteiger partial charge in [0.1, 0.15) is 17.6 Å². The number of carbonyl (C=O) groups excluding carboxylic acids is 3. The van der Waals surface area contributed by atoms with E-state index in [9.17, 15) is 18.8 Å². The molecule has 0 spiro atoms. The Morgan fingerprint density at radius 2 is 1.81 bits per heavy atom. The molecule has 0 bridgehead atoms. The molecule has 2 heterocycles. The Balaban J connectivity index is 1.71. The van der Waals surface area contributed by atoms with Crippen LogP contribution in [-0.2, 0) is 20.9 Å². The van der Waals surface area contributed by atoms with Gasteiger partial charge in [0, 0.05) is 18.9 Å². The predicted octanol–water partition coefficient (Wildman–Crippen LogP) is 3.68. The van der Waals surface area contributed by atoms with Crippen LogP contribution < -0.4 is 10.1 Å². The largest absolute Gasteiger partial charge is 0.497 e. The van der Waals surface area contributed by atoms with E-state index < -0.39 is 35.8 Å². The van der Waals surface area contributed by atoms with Gasteiger partial charge in [-0.15, -0.1) is 0 Å². The van der Waals surface area contributed by atoms with Crippen molar-refractivity contribution in [2.24, 2.45) is 5.92 Å². The van der Waals surface area contributed by atoms with Gasteiger partial charge in [-0.3, -0.25) is 19.4 Å². The van der Waals surface area contributed by atoms with E-state index in [0.717, 1.165) is 0 Å². The van der Waals surface area contributed by atoms with Crippen LogP contribution in [0.5, 0.6) is 5.75 Å². The van der Waals surface area contributed by atoms with Gasteiger partial charge in [-0.2, -0.15) is 0 Å². The van der Waals surface area contributed by atoms with Gasteiger partial charge in [-0.1, -0.05) is 24.3 Å². The highest BCUT2D eigenvalue weighted by Gasteiger charge is 2.51.